The summed E-state index contributed by atoms with van der Waals surface area (Å²) in [6.45, 7) is 9.49. The SMILES string of the molecule is OCCN1CCN(CCC2CCNCC2)CC1. The fourth-order valence-electron chi connectivity index (χ4n) is 2.91. The fraction of sp³-hybridized carbons (Fsp3) is 1.00. The molecule has 17 heavy (non-hydrogen) atoms. The van der Waals surface area contributed by atoms with Gasteiger partial charge in [0.15, 0.2) is 0 Å². The zero-order valence-electron chi connectivity index (χ0n) is 10.9. The maximum absolute atomic E-state index is 8.90. The standard InChI is InChI=1S/C13H27N3O/c17-12-11-16-9-7-15(8-10-16)6-3-13-1-4-14-5-2-13/h13-14,17H,1-12H2. The summed E-state index contributed by atoms with van der Waals surface area (Å²) in [4.78, 5) is 4.96. The molecule has 4 nitrogen and oxygen atoms in total. The molecule has 0 aliphatic carbocycles. The highest BCUT2D eigenvalue weighted by molar-refractivity contribution is 4.74. The van der Waals surface area contributed by atoms with Crippen LogP contribution in [0.4, 0.5) is 0 Å². The summed E-state index contributed by atoms with van der Waals surface area (Å²) in [7, 11) is 0. The first-order valence-electron chi connectivity index (χ1n) is 7.15. The molecular formula is C13H27N3O. The lowest BCUT2D eigenvalue weighted by molar-refractivity contribution is 0.107. The van der Waals surface area contributed by atoms with Crippen LogP contribution in [0.5, 0.6) is 0 Å². The average molecular weight is 241 g/mol. The van der Waals surface area contributed by atoms with E-state index in [9.17, 15) is 0 Å². The summed E-state index contributed by atoms with van der Waals surface area (Å²) in [6.07, 6.45) is 4.11. The van der Waals surface area contributed by atoms with Crippen LogP contribution in [0.1, 0.15) is 19.3 Å². The van der Waals surface area contributed by atoms with Gasteiger partial charge in [0.1, 0.15) is 0 Å². The Balaban J connectivity index is 1.57. The largest absolute Gasteiger partial charge is 0.395 e. The van der Waals surface area contributed by atoms with Gasteiger partial charge < -0.3 is 15.3 Å². The average Bonchev–Trinajstić information content (AvgIpc) is 2.40. The third kappa shape index (κ3) is 4.54. The Morgan fingerprint density at radius 2 is 1.53 bits per heavy atom. The molecule has 2 aliphatic heterocycles. The Hall–Kier alpha value is -0.160. The van der Waals surface area contributed by atoms with Crippen LogP contribution in [0.2, 0.25) is 0 Å². The Kier molecular flexibility index (Phi) is 5.71. The molecule has 2 rings (SSSR count). The Bertz CT molecular complexity index is 199. The van der Waals surface area contributed by atoms with Gasteiger partial charge in [-0.1, -0.05) is 0 Å². The van der Waals surface area contributed by atoms with Crippen LogP contribution in [0.3, 0.4) is 0 Å². The number of aliphatic hydroxyl groups excluding tert-OH is 1. The summed E-state index contributed by atoms with van der Waals surface area (Å²) < 4.78 is 0. The predicted molar refractivity (Wildman–Crippen MR) is 70.2 cm³/mol. The van der Waals surface area contributed by atoms with Gasteiger partial charge in [0.05, 0.1) is 6.61 Å². The van der Waals surface area contributed by atoms with Gasteiger partial charge in [-0.2, -0.15) is 0 Å². The first-order valence-corrected chi connectivity index (χ1v) is 7.15. The van der Waals surface area contributed by atoms with Gasteiger partial charge in [-0.3, -0.25) is 4.90 Å². The van der Waals surface area contributed by atoms with E-state index in [1.54, 1.807) is 0 Å². The summed E-state index contributed by atoms with van der Waals surface area (Å²) >= 11 is 0. The van der Waals surface area contributed by atoms with Gasteiger partial charge in [-0.25, -0.2) is 0 Å². The number of β-amino-alcohol motifs (C(OH)–C–C–N with tert-alkyl or cyclic N) is 1. The van der Waals surface area contributed by atoms with Crippen LogP contribution in [0.15, 0.2) is 0 Å². The smallest absolute Gasteiger partial charge is 0.0558 e. The Morgan fingerprint density at radius 1 is 0.941 bits per heavy atom. The molecule has 0 unspecified atom stereocenters. The van der Waals surface area contributed by atoms with Gasteiger partial charge in [0.25, 0.3) is 0 Å². The maximum Gasteiger partial charge on any atom is 0.0558 e. The van der Waals surface area contributed by atoms with Crippen molar-refractivity contribution in [2.24, 2.45) is 5.92 Å². The number of hydrogen-bond donors (Lipinski definition) is 2. The minimum atomic E-state index is 0.301. The quantitative estimate of drug-likeness (QED) is 0.710. The van der Waals surface area contributed by atoms with E-state index in [1.165, 1.54) is 52.0 Å². The van der Waals surface area contributed by atoms with Crippen LogP contribution in [0, 0.1) is 5.92 Å². The van der Waals surface area contributed by atoms with Crippen molar-refractivity contribution in [1.82, 2.24) is 15.1 Å². The minimum Gasteiger partial charge on any atom is -0.395 e. The number of nitrogens with zero attached hydrogens (tertiary/aromatic N) is 2. The first kappa shape index (κ1) is 13.3. The molecule has 0 aromatic heterocycles. The van der Waals surface area contributed by atoms with Gasteiger partial charge in [-0.15, -0.1) is 0 Å². The zero-order valence-corrected chi connectivity index (χ0v) is 10.9. The van der Waals surface area contributed by atoms with Crippen molar-refractivity contribution in [2.45, 2.75) is 19.3 Å². The van der Waals surface area contributed by atoms with Crippen LogP contribution in [-0.4, -0.2) is 73.9 Å². The number of piperazine rings is 1. The highest BCUT2D eigenvalue weighted by atomic mass is 16.3. The lowest BCUT2D eigenvalue weighted by Crippen LogP contribution is -2.47. The molecule has 0 spiro atoms. The molecule has 2 aliphatic rings. The monoisotopic (exact) mass is 241 g/mol. The van der Waals surface area contributed by atoms with E-state index in [1.807, 2.05) is 0 Å². The van der Waals surface area contributed by atoms with Crippen molar-refractivity contribution in [2.75, 3.05) is 59.0 Å². The van der Waals surface area contributed by atoms with Crippen LogP contribution < -0.4 is 5.32 Å². The third-order valence-corrected chi connectivity index (χ3v) is 4.19. The molecule has 0 radical (unpaired) electrons. The second-order valence-corrected chi connectivity index (χ2v) is 5.39. The second kappa shape index (κ2) is 7.31. The summed E-state index contributed by atoms with van der Waals surface area (Å²) in [5.41, 5.74) is 0. The molecule has 0 aromatic rings. The second-order valence-electron chi connectivity index (χ2n) is 5.39. The molecule has 100 valence electrons. The number of rotatable bonds is 5. The summed E-state index contributed by atoms with van der Waals surface area (Å²) in [6, 6.07) is 0. The molecule has 0 amide bonds. The molecule has 0 saturated carbocycles. The van der Waals surface area contributed by atoms with Crippen LogP contribution >= 0.6 is 0 Å². The summed E-state index contributed by atoms with van der Waals surface area (Å²) in [5.74, 6) is 0.951. The molecule has 2 heterocycles. The van der Waals surface area contributed by atoms with E-state index >= 15 is 0 Å². The molecule has 2 N–H and O–H groups in total. The highest BCUT2D eigenvalue weighted by Gasteiger charge is 2.18. The van der Waals surface area contributed by atoms with Crippen molar-refractivity contribution < 1.29 is 5.11 Å². The number of piperidine rings is 1. The molecule has 0 atom stereocenters. The van der Waals surface area contributed by atoms with Gasteiger partial charge in [-0.05, 0) is 44.8 Å². The maximum atomic E-state index is 8.90. The van der Waals surface area contributed by atoms with Crippen molar-refractivity contribution in [3.05, 3.63) is 0 Å². The summed E-state index contributed by atoms with van der Waals surface area (Å²) in [5, 5.41) is 12.3. The minimum absolute atomic E-state index is 0.301. The van der Waals surface area contributed by atoms with E-state index in [4.69, 9.17) is 5.11 Å². The topological polar surface area (TPSA) is 38.7 Å². The van der Waals surface area contributed by atoms with Gasteiger partial charge >= 0.3 is 0 Å². The normalized spacial score (nSPS) is 25.2. The van der Waals surface area contributed by atoms with Gasteiger partial charge in [0.2, 0.25) is 0 Å². The number of nitrogens with one attached hydrogen (secondary N) is 1. The fourth-order valence-corrected chi connectivity index (χ4v) is 2.91. The molecule has 4 heteroatoms. The third-order valence-electron chi connectivity index (χ3n) is 4.19. The first-order chi connectivity index (χ1) is 8.38. The van der Waals surface area contributed by atoms with E-state index in [0.29, 0.717) is 6.61 Å². The number of hydrogen-bond acceptors (Lipinski definition) is 4. The lowest BCUT2D eigenvalue weighted by atomic mass is 9.94. The Morgan fingerprint density at radius 3 is 2.12 bits per heavy atom. The van der Waals surface area contributed by atoms with Crippen LogP contribution in [-0.2, 0) is 0 Å². The molecular weight excluding hydrogens is 214 g/mol. The van der Waals surface area contributed by atoms with Crippen molar-refractivity contribution in [3.63, 3.8) is 0 Å². The molecule has 2 fully saturated rings. The highest BCUT2D eigenvalue weighted by Crippen LogP contribution is 2.16. The van der Waals surface area contributed by atoms with E-state index < -0.39 is 0 Å². The van der Waals surface area contributed by atoms with E-state index in [2.05, 4.69) is 15.1 Å². The zero-order chi connectivity index (χ0) is 11.9. The van der Waals surface area contributed by atoms with Crippen LogP contribution in [0.25, 0.3) is 0 Å². The van der Waals surface area contributed by atoms with E-state index in [-0.39, 0.29) is 0 Å². The Labute approximate surface area is 105 Å². The van der Waals surface area contributed by atoms with Gasteiger partial charge in [0, 0.05) is 32.7 Å². The van der Waals surface area contributed by atoms with Crippen molar-refractivity contribution in [3.8, 4) is 0 Å². The number of aliphatic hydroxyl groups is 1. The van der Waals surface area contributed by atoms with Crippen molar-refractivity contribution >= 4 is 0 Å². The molecule has 0 aromatic carbocycles. The predicted octanol–water partition coefficient (Wildman–Crippen LogP) is -0.0140. The molecule has 0 bridgehead atoms. The van der Waals surface area contributed by atoms with Crippen molar-refractivity contribution in [1.29, 1.82) is 0 Å². The van der Waals surface area contributed by atoms with E-state index in [0.717, 1.165) is 25.6 Å². The molecule has 2 saturated heterocycles. The lowest BCUT2D eigenvalue weighted by Gasteiger charge is -2.35.